The minimum Gasteiger partial charge on any atom is -0.379 e. The fraction of sp³-hybridized carbons (Fsp3) is 0.843. The number of allylic oxidation sites excluding steroid dienone is 4. The fourth-order valence-corrected chi connectivity index (χ4v) is 7.00. The number of aromatic amines is 1. The van der Waals surface area contributed by atoms with Crippen molar-refractivity contribution in [3.05, 3.63) is 42.5 Å². The molecule has 10 heteroatoms. The molecule has 1 aromatic rings. The van der Waals surface area contributed by atoms with E-state index in [1.165, 1.54) is 173 Å². The molecule has 1 aromatic heterocycles. The summed E-state index contributed by atoms with van der Waals surface area (Å²) in [4.78, 5) is 18.5. The van der Waals surface area contributed by atoms with Gasteiger partial charge in [-0.2, -0.15) is 0 Å². The minimum atomic E-state index is -0.220. The molecule has 1 heterocycles. The standard InChI is InChI=1S/C51H95N3O7/c1-3-5-7-9-11-13-15-17-19-21-23-25-27-29-31-33-36-59-46-49(61-37-34-32-30-28-26-24-22-20-18-16-14-12-10-8-6-4-2)47-60-44-43-58-42-41-57-40-39-56-38-35-53-51(55)50-45-52-48-54-50/h17-20,45,48-49H,3-16,21-44,46-47H2,1-2H3,(H,52,54)(H,53,55)/b19-17-,20-18-. The predicted octanol–water partition coefficient (Wildman–Crippen LogP) is 12.7. The molecule has 10 nitrogen and oxygen atoms in total. The summed E-state index contributed by atoms with van der Waals surface area (Å²) in [5.41, 5.74) is 0.366. The van der Waals surface area contributed by atoms with Crippen LogP contribution < -0.4 is 5.32 Å². The molecule has 2 N–H and O–H groups in total. The number of nitrogens with one attached hydrogen (secondary N) is 2. The third-order valence-corrected chi connectivity index (χ3v) is 10.8. The first-order valence-corrected chi connectivity index (χ1v) is 25.3. The molecule has 1 amide bonds. The van der Waals surface area contributed by atoms with Crippen LogP contribution in [-0.4, -0.2) is 101 Å². The average Bonchev–Trinajstić information content (AvgIpc) is 3.82. The number of ether oxygens (including phenoxy) is 6. The number of unbranched alkanes of at least 4 members (excludes halogenated alkanes) is 24. The third kappa shape index (κ3) is 43.0. The van der Waals surface area contributed by atoms with Crippen LogP contribution in [-0.2, 0) is 28.4 Å². The van der Waals surface area contributed by atoms with E-state index in [2.05, 4.69) is 53.4 Å². The third-order valence-electron chi connectivity index (χ3n) is 10.8. The lowest BCUT2D eigenvalue weighted by Crippen LogP contribution is -2.28. The highest BCUT2D eigenvalue weighted by atomic mass is 16.6. The smallest absolute Gasteiger partial charge is 0.271 e. The van der Waals surface area contributed by atoms with Crippen LogP contribution in [0.4, 0.5) is 0 Å². The zero-order valence-corrected chi connectivity index (χ0v) is 39.6. The van der Waals surface area contributed by atoms with Gasteiger partial charge in [-0.3, -0.25) is 4.79 Å². The van der Waals surface area contributed by atoms with Crippen LogP contribution in [0, 0.1) is 0 Å². The Hall–Kier alpha value is -2.08. The van der Waals surface area contributed by atoms with Gasteiger partial charge in [0.05, 0.1) is 65.8 Å². The van der Waals surface area contributed by atoms with Gasteiger partial charge in [0.15, 0.2) is 0 Å². The van der Waals surface area contributed by atoms with Gasteiger partial charge >= 0.3 is 0 Å². The van der Waals surface area contributed by atoms with Crippen LogP contribution in [0.3, 0.4) is 0 Å². The van der Waals surface area contributed by atoms with Gasteiger partial charge < -0.3 is 38.7 Å². The van der Waals surface area contributed by atoms with Gasteiger partial charge in [0.25, 0.3) is 5.91 Å². The monoisotopic (exact) mass is 862 g/mol. The molecule has 0 aliphatic carbocycles. The number of carbonyl (C=O) groups is 1. The van der Waals surface area contributed by atoms with Crippen molar-refractivity contribution in [1.29, 1.82) is 0 Å². The number of hydrogen-bond acceptors (Lipinski definition) is 8. The van der Waals surface area contributed by atoms with Crippen molar-refractivity contribution < 1.29 is 33.2 Å². The van der Waals surface area contributed by atoms with Crippen LogP contribution in [0.25, 0.3) is 0 Å². The summed E-state index contributed by atoms with van der Waals surface area (Å²) in [5.74, 6) is -0.220. The summed E-state index contributed by atoms with van der Waals surface area (Å²) in [5, 5.41) is 2.76. The molecular formula is C51H95N3O7. The summed E-state index contributed by atoms with van der Waals surface area (Å²) >= 11 is 0. The van der Waals surface area contributed by atoms with Gasteiger partial charge in [-0.15, -0.1) is 0 Å². The summed E-state index contributed by atoms with van der Waals surface area (Å²) in [6, 6.07) is 0. The van der Waals surface area contributed by atoms with Gasteiger partial charge in [0, 0.05) is 26.0 Å². The molecule has 0 aliphatic rings. The topological polar surface area (TPSA) is 113 Å². The van der Waals surface area contributed by atoms with Crippen molar-refractivity contribution in [2.75, 3.05) is 79.2 Å². The van der Waals surface area contributed by atoms with E-state index in [9.17, 15) is 4.79 Å². The lowest BCUT2D eigenvalue weighted by atomic mass is 10.1. The van der Waals surface area contributed by atoms with E-state index in [0.717, 1.165) is 26.1 Å². The molecular weight excluding hydrogens is 767 g/mol. The highest BCUT2D eigenvalue weighted by Gasteiger charge is 2.11. The second-order valence-electron chi connectivity index (χ2n) is 16.6. The van der Waals surface area contributed by atoms with Crippen LogP contribution in [0.1, 0.15) is 204 Å². The van der Waals surface area contributed by atoms with Crippen molar-refractivity contribution in [3.63, 3.8) is 0 Å². The molecule has 0 saturated heterocycles. The predicted molar refractivity (Wildman–Crippen MR) is 254 cm³/mol. The highest BCUT2D eigenvalue weighted by Crippen LogP contribution is 2.12. The Morgan fingerprint density at radius 3 is 1.36 bits per heavy atom. The molecule has 0 aliphatic heterocycles. The van der Waals surface area contributed by atoms with Crippen molar-refractivity contribution in [3.8, 4) is 0 Å². The number of H-pyrrole nitrogens is 1. The van der Waals surface area contributed by atoms with Crippen molar-refractivity contribution >= 4 is 5.91 Å². The molecule has 356 valence electrons. The van der Waals surface area contributed by atoms with Gasteiger partial charge in [-0.1, -0.05) is 154 Å². The van der Waals surface area contributed by atoms with E-state index < -0.39 is 0 Å². The summed E-state index contributed by atoms with van der Waals surface area (Å²) < 4.78 is 35.1. The van der Waals surface area contributed by atoms with Gasteiger partial charge in [-0.25, -0.2) is 4.98 Å². The molecule has 1 atom stereocenters. The normalized spacial score (nSPS) is 12.4. The Kier molecular flexibility index (Phi) is 45.7. The first-order chi connectivity index (χ1) is 30.3. The molecule has 0 fully saturated rings. The van der Waals surface area contributed by atoms with E-state index in [1.54, 1.807) is 6.20 Å². The minimum absolute atomic E-state index is 0.0563. The first kappa shape index (κ1) is 56.9. The Balaban J connectivity index is 2.10. The second kappa shape index (κ2) is 48.9. The molecule has 0 bridgehead atoms. The maximum Gasteiger partial charge on any atom is 0.271 e. The SMILES string of the molecule is CCCCCCCC/C=C\CCCCCCCCOCC(COCCOCCOCCOCCNC(=O)c1c[nH]cn1)OCCCCCCCC/C=C\CCCCCCCC. The van der Waals surface area contributed by atoms with Gasteiger partial charge in [-0.05, 0) is 64.2 Å². The zero-order valence-electron chi connectivity index (χ0n) is 39.6. The lowest BCUT2D eigenvalue weighted by Gasteiger charge is -2.18. The number of aromatic nitrogens is 2. The number of carbonyl (C=O) groups excluding carboxylic acids is 1. The summed E-state index contributed by atoms with van der Waals surface area (Å²) in [6.07, 6.45) is 49.2. The summed E-state index contributed by atoms with van der Waals surface area (Å²) in [7, 11) is 0. The Morgan fingerprint density at radius 2 is 0.902 bits per heavy atom. The largest absolute Gasteiger partial charge is 0.379 e. The average molecular weight is 862 g/mol. The van der Waals surface area contributed by atoms with Crippen LogP contribution >= 0.6 is 0 Å². The van der Waals surface area contributed by atoms with Crippen molar-refractivity contribution in [2.45, 2.75) is 200 Å². The van der Waals surface area contributed by atoms with E-state index in [4.69, 9.17) is 28.4 Å². The molecule has 61 heavy (non-hydrogen) atoms. The Labute approximate surface area is 374 Å². The molecule has 0 spiro atoms. The van der Waals surface area contributed by atoms with Crippen LogP contribution in [0.5, 0.6) is 0 Å². The molecule has 1 unspecified atom stereocenters. The Bertz CT molecular complexity index is 1050. The lowest BCUT2D eigenvalue weighted by molar-refractivity contribution is -0.0700. The number of nitrogens with zero attached hydrogens (tertiary/aromatic N) is 1. The summed E-state index contributed by atoms with van der Waals surface area (Å²) in [6.45, 7) is 11.0. The number of rotatable bonds is 50. The van der Waals surface area contributed by atoms with Gasteiger partial charge in [0.2, 0.25) is 0 Å². The van der Waals surface area contributed by atoms with Crippen LogP contribution in [0.15, 0.2) is 36.8 Å². The quantitative estimate of drug-likeness (QED) is 0.0492. The maximum atomic E-state index is 11.8. The Morgan fingerprint density at radius 1 is 0.508 bits per heavy atom. The van der Waals surface area contributed by atoms with Crippen LogP contribution in [0.2, 0.25) is 0 Å². The molecule has 1 rings (SSSR count). The zero-order chi connectivity index (χ0) is 43.6. The number of amides is 1. The van der Waals surface area contributed by atoms with E-state index in [1.807, 2.05) is 0 Å². The van der Waals surface area contributed by atoms with Gasteiger partial charge in [0.1, 0.15) is 11.8 Å². The molecule has 0 saturated carbocycles. The molecule has 0 aromatic carbocycles. The number of hydrogen-bond donors (Lipinski definition) is 2. The maximum absolute atomic E-state index is 11.8. The molecule has 0 radical (unpaired) electrons. The van der Waals surface area contributed by atoms with Crippen molar-refractivity contribution in [1.82, 2.24) is 15.3 Å². The van der Waals surface area contributed by atoms with Crippen molar-refractivity contribution in [2.24, 2.45) is 0 Å². The fourth-order valence-electron chi connectivity index (χ4n) is 7.00. The first-order valence-electron chi connectivity index (χ1n) is 25.3. The highest BCUT2D eigenvalue weighted by molar-refractivity contribution is 5.91. The van der Waals surface area contributed by atoms with E-state index in [-0.39, 0.29) is 12.0 Å². The van der Waals surface area contributed by atoms with E-state index in [0.29, 0.717) is 71.7 Å². The number of imidazole rings is 1. The van der Waals surface area contributed by atoms with E-state index >= 15 is 0 Å². The second-order valence-corrected chi connectivity index (χ2v) is 16.6.